The quantitative estimate of drug-likeness (QED) is 0.270. The third-order valence-corrected chi connectivity index (χ3v) is 4.10. The first kappa shape index (κ1) is 25.9. The molecule has 2 aromatic rings. The molecule has 0 spiro atoms. The van der Waals surface area contributed by atoms with Crippen LogP contribution in [-0.2, 0) is 24.4 Å². The molecule has 0 amide bonds. The van der Waals surface area contributed by atoms with Gasteiger partial charge in [0.05, 0.1) is 13.2 Å². The third kappa shape index (κ3) is 7.94. The Kier molecular flexibility index (Phi) is 12.1. The van der Waals surface area contributed by atoms with Gasteiger partial charge in [-0.2, -0.15) is 8.78 Å². The van der Waals surface area contributed by atoms with Crippen molar-refractivity contribution >= 4 is 29.9 Å². The van der Waals surface area contributed by atoms with Crippen molar-refractivity contribution in [3.8, 4) is 11.5 Å². The Morgan fingerprint density at radius 2 is 1.63 bits per heavy atom. The molecule has 0 fully saturated rings. The van der Waals surface area contributed by atoms with Crippen molar-refractivity contribution < 1.29 is 23.0 Å². The molecule has 0 atom stereocenters. The molecule has 9 heteroatoms. The van der Waals surface area contributed by atoms with Gasteiger partial charge < -0.3 is 24.8 Å². The minimum Gasteiger partial charge on any atom is -0.490 e. The number of guanidine groups is 1. The van der Waals surface area contributed by atoms with Gasteiger partial charge in [-0.3, -0.25) is 4.99 Å². The van der Waals surface area contributed by atoms with Crippen LogP contribution in [-0.4, -0.2) is 33.3 Å². The Balaban J connectivity index is 0.00000450. The molecular formula is C21H28F2IN3O3. The summed E-state index contributed by atoms with van der Waals surface area (Å²) in [7, 11) is 3.30. The van der Waals surface area contributed by atoms with Crippen LogP contribution in [0.15, 0.2) is 47.5 Å². The Morgan fingerprint density at radius 3 is 2.23 bits per heavy atom. The molecule has 2 N–H and O–H groups in total. The van der Waals surface area contributed by atoms with Crippen LogP contribution in [0.2, 0.25) is 0 Å². The Hall–Kier alpha value is -2.14. The van der Waals surface area contributed by atoms with Gasteiger partial charge in [0, 0.05) is 32.8 Å². The van der Waals surface area contributed by atoms with Crippen molar-refractivity contribution in [1.29, 1.82) is 0 Å². The normalized spacial score (nSPS) is 11.1. The molecule has 0 aliphatic heterocycles. The highest BCUT2D eigenvalue weighted by Gasteiger charge is 2.16. The van der Waals surface area contributed by atoms with E-state index in [-0.39, 0.29) is 42.0 Å². The number of para-hydroxylation sites is 1. The summed E-state index contributed by atoms with van der Waals surface area (Å²) in [6.45, 7) is 0.485. The smallest absolute Gasteiger partial charge is 0.387 e. The van der Waals surface area contributed by atoms with Gasteiger partial charge in [-0.25, -0.2) is 0 Å². The number of halogens is 3. The number of ether oxygens (including phenoxy) is 3. The molecule has 2 aromatic carbocycles. The maximum atomic E-state index is 12.9. The monoisotopic (exact) mass is 535 g/mol. The van der Waals surface area contributed by atoms with Crippen molar-refractivity contribution in [2.24, 2.45) is 4.99 Å². The zero-order valence-electron chi connectivity index (χ0n) is 17.3. The second-order valence-electron chi connectivity index (χ2n) is 6.04. The van der Waals surface area contributed by atoms with Gasteiger partial charge in [0.1, 0.15) is 0 Å². The molecule has 0 heterocycles. The number of methoxy groups -OCH3 is 1. The summed E-state index contributed by atoms with van der Waals surface area (Å²) in [6.07, 6.45) is 0. The molecule has 0 aliphatic carbocycles. The lowest BCUT2D eigenvalue weighted by molar-refractivity contribution is -0.0520. The van der Waals surface area contributed by atoms with Crippen molar-refractivity contribution in [1.82, 2.24) is 10.6 Å². The molecule has 0 bridgehead atoms. The van der Waals surface area contributed by atoms with Crippen LogP contribution in [0, 0.1) is 0 Å². The van der Waals surface area contributed by atoms with Crippen LogP contribution < -0.4 is 20.1 Å². The van der Waals surface area contributed by atoms with E-state index >= 15 is 0 Å². The molecule has 166 valence electrons. The maximum Gasteiger partial charge on any atom is 0.387 e. The van der Waals surface area contributed by atoms with Crippen LogP contribution in [0.25, 0.3) is 0 Å². The lowest BCUT2D eigenvalue weighted by atomic mass is 10.1. The molecule has 30 heavy (non-hydrogen) atoms. The average molecular weight is 535 g/mol. The van der Waals surface area contributed by atoms with Gasteiger partial charge in [0.25, 0.3) is 0 Å². The number of benzene rings is 2. The SMILES string of the molecule is CCOc1cccc(CNC(=NC)NCc2ccccc2COC)c1OC(F)F.I. The van der Waals surface area contributed by atoms with E-state index < -0.39 is 6.61 Å². The van der Waals surface area contributed by atoms with E-state index in [0.29, 0.717) is 31.3 Å². The topological polar surface area (TPSA) is 64.1 Å². The molecule has 0 saturated carbocycles. The van der Waals surface area contributed by atoms with Crippen LogP contribution in [0.3, 0.4) is 0 Å². The second kappa shape index (κ2) is 14.0. The van der Waals surface area contributed by atoms with Crippen LogP contribution in [0.5, 0.6) is 11.5 Å². The summed E-state index contributed by atoms with van der Waals surface area (Å²) >= 11 is 0. The Morgan fingerprint density at radius 1 is 1.00 bits per heavy atom. The van der Waals surface area contributed by atoms with Gasteiger partial charge in [-0.15, -0.1) is 24.0 Å². The first-order chi connectivity index (χ1) is 14.1. The van der Waals surface area contributed by atoms with Gasteiger partial charge in [-0.1, -0.05) is 36.4 Å². The largest absolute Gasteiger partial charge is 0.490 e. The van der Waals surface area contributed by atoms with Crippen LogP contribution in [0.4, 0.5) is 8.78 Å². The molecule has 0 saturated heterocycles. The van der Waals surface area contributed by atoms with E-state index in [0.717, 1.165) is 11.1 Å². The van der Waals surface area contributed by atoms with Crippen LogP contribution in [0.1, 0.15) is 23.6 Å². The third-order valence-electron chi connectivity index (χ3n) is 4.10. The standard InChI is InChI=1S/C21H27F2N3O3.HI/c1-4-28-18-11-7-10-16(19(18)29-20(22)23)13-26-21(24-2)25-12-15-8-5-6-9-17(15)14-27-3;/h5-11,20H,4,12-14H2,1-3H3,(H2,24,25,26);1H. The van der Waals surface area contributed by atoms with E-state index in [1.807, 2.05) is 24.3 Å². The number of aliphatic imine (C=N–C) groups is 1. The highest BCUT2D eigenvalue weighted by Crippen LogP contribution is 2.32. The summed E-state index contributed by atoms with van der Waals surface area (Å²) in [5, 5.41) is 6.34. The van der Waals surface area contributed by atoms with Crippen LogP contribution >= 0.6 is 24.0 Å². The van der Waals surface area contributed by atoms with Crippen molar-refractivity contribution in [3.63, 3.8) is 0 Å². The summed E-state index contributed by atoms with van der Waals surface area (Å²) in [6, 6.07) is 13.0. The lowest BCUT2D eigenvalue weighted by Gasteiger charge is -2.17. The zero-order chi connectivity index (χ0) is 21.1. The Bertz CT molecular complexity index is 807. The summed E-state index contributed by atoms with van der Waals surface area (Å²) in [4.78, 5) is 4.19. The molecule has 0 aliphatic rings. The highest BCUT2D eigenvalue weighted by molar-refractivity contribution is 14.0. The van der Waals surface area contributed by atoms with Gasteiger partial charge >= 0.3 is 6.61 Å². The van der Waals surface area contributed by atoms with Gasteiger partial charge in [0.2, 0.25) is 0 Å². The number of alkyl halides is 2. The molecule has 2 rings (SSSR count). The van der Waals surface area contributed by atoms with E-state index in [1.165, 1.54) is 0 Å². The van der Waals surface area contributed by atoms with Crippen molar-refractivity contribution in [2.45, 2.75) is 33.2 Å². The molecular weight excluding hydrogens is 507 g/mol. The fraction of sp³-hybridized carbons (Fsp3) is 0.381. The predicted octanol–water partition coefficient (Wildman–Crippen LogP) is 4.32. The van der Waals surface area contributed by atoms with Crippen molar-refractivity contribution in [2.75, 3.05) is 20.8 Å². The fourth-order valence-corrected chi connectivity index (χ4v) is 2.80. The minimum atomic E-state index is -2.94. The molecule has 0 aromatic heterocycles. The van der Waals surface area contributed by atoms with E-state index in [1.54, 1.807) is 39.3 Å². The second-order valence-corrected chi connectivity index (χ2v) is 6.04. The number of hydrogen-bond donors (Lipinski definition) is 2. The number of nitrogens with zero attached hydrogens (tertiary/aromatic N) is 1. The van der Waals surface area contributed by atoms with Crippen molar-refractivity contribution in [3.05, 3.63) is 59.2 Å². The molecule has 0 radical (unpaired) electrons. The fourth-order valence-electron chi connectivity index (χ4n) is 2.80. The summed E-state index contributed by atoms with van der Waals surface area (Å²) in [5.74, 6) is 0.836. The van der Waals surface area contributed by atoms with Gasteiger partial charge in [0.15, 0.2) is 17.5 Å². The lowest BCUT2D eigenvalue weighted by Crippen LogP contribution is -2.36. The number of hydrogen-bond acceptors (Lipinski definition) is 4. The van der Waals surface area contributed by atoms with Gasteiger partial charge in [-0.05, 0) is 24.1 Å². The Labute approximate surface area is 193 Å². The maximum absolute atomic E-state index is 12.9. The first-order valence-corrected chi connectivity index (χ1v) is 9.28. The summed E-state index contributed by atoms with van der Waals surface area (Å²) < 4.78 is 41.0. The predicted molar refractivity (Wildman–Crippen MR) is 124 cm³/mol. The molecule has 6 nitrogen and oxygen atoms in total. The number of nitrogens with one attached hydrogen (secondary N) is 2. The van der Waals surface area contributed by atoms with E-state index in [4.69, 9.17) is 14.2 Å². The zero-order valence-corrected chi connectivity index (χ0v) is 19.6. The van der Waals surface area contributed by atoms with E-state index in [9.17, 15) is 8.78 Å². The molecule has 0 unspecified atom stereocenters. The highest BCUT2D eigenvalue weighted by atomic mass is 127. The average Bonchev–Trinajstić information content (AvgIpc) is 2.71. The minimum absolute atomic E-state index is 0. The van der Waals surface area contributed by atoms with E-state index in [2.05, 4.69) is 15.6 Å². The first-order valence-electron chi connectivity index (χ1n) is 9.28. The summed E-state index contributed by atoms with van der Waals surface area (Å²) in [5.41, 5.74) is 2.70. The number of rotatable bonds is 10.